The molecule has 1 heterocycles. The lowest BCUT2D eigenvalue weighted by molar-refractivity contribution is 0.673. The first-order valence-corrected chi connectivity index (χ1v) is 17.4. The molecular weight excluding hydrogens is 637 g/mol. The average Bonchev–Trinajstić information content (AvgIpc) is 3.61. The highest BCUT2D eigenvalue weighted by molar-refractivity contribution is 6.69. The Morgan fingerprint density at radius 1 is 0.396 bits per heavy atom. The van der Waals surface area contributed by atoms with Gasteiger partial charge in [-0.05, 0) is 75.2 Å². The van der Waals surface area contributed by atoms with Gasteiger partial charge >= 0.3 is 0 Å². The van der Waals surface area contributed by atoms with Gasteiger partial charge < -0.3 is 9.32 Å². The molecule has 0 unspecified atom stereocenters. The zero-order valence-electron chi connectivity index (χ0n) is 28.8. The van der Waals surface area contributed by atoms with Gasteiger partial charge in [0.15, 0.2) is 0 Å². The molecule has 1 aromatic heterocycles. The number of hydrogen-bond acceptors (Lipinski definition) is 2. The number of hydrogen-bond donors (Lipinski definition) is 0. The Morgan fingerprint density at radius 3 is 1.66 bits per heavy atom. The minimum absolute atomic E-state index is 0.165. The van der Waals surface area contributed by atoms with Crippen molar-refractivity contribution in [2.24, 2.45) is 0 Å². The van der Waals surface area contributed by atoms with Crippen molar-refractivity contribution >= 4 is 116 Å². The van der Waals surface area contributed by atoms with Gasteiger partial charge in [-0.1, -0.05) is 132 Å². The molecule has 0 atom stereocenters. The monoisotopic (exact) mass is 663 g/mol. The predicted molar refractivity (Wildman–Crippen MR) is 229 cm³/mol. The summed E-state index contributed by atoms with van der Waals surface area (Å²) >= 11 is 0. The highest BCUT2D eigenvalue weighted by Gasteiger charge is 2.21. The second-order valence-electron chi connectivity index (χ2n) is 13.2. The quantitative estimate of drug-likeness (QED) is 0.176. The molecule has 0 N–H and O–H groups in total. The van der Waals surface area contributed by atoms with E-state index in [1.54, 1.807) is 0 Å². The summed E-state index contributed by atoms with van der Waals surface area (Å²) in [6, 6.07) is 54.1. The number of nitrogens with zero attached hydrogens (tertiary/aromatic N) is 1. The highest BCUT2D eigenvalue weighted by Crippen LogP contribution is 2.41. The summed E-state index contributed by atoms with van der Waals surface area (Å²) in [5.74, 6) is 0. The SMILES string of the molecule is [B]c1c([B])c([B])c(N(c2ccc(-c3ccc(-c4ccccc4)cc3)cc2)c2cccc(-c3cccc4oc5c6ccccc6ccc5c34)c2)c([B])c1[B]. The molecule has 236 valence electrons. The molecule has 7 heteroatoms. The van der Waals surface area contributed by atoms with Crippen LogP contribution in [-0.4, -0.2) is 39.2 Å². The fourth-order valence-corrected chi connectivity index (χ4v) is 7.38. The predicted octanol–water partition coefficient (Wildman–Crippen LogP) is 7.18. The van der Waals surface area contributed by atoms with Gasteiger partial charge in [-0.2, -0.15) is 0 Å². The van der Waals surface area contributed by atoms with E-state index in [1.165, 1.54) is 5.56 Å². The summed E-state index contributed by atoms with van der Waals surface area (Å²) in [7, 11) is 32.6. The van der Waals surface area contributed by atoms with Crippen molar-refractivity contribution in [3.05, 3.63) is 158 Å². The van der Waals surface area contributed by atoms with Crippen LogP contribution in [0.5, 0.6) is 0 Å². The van der Waals surface area contributed by atoms with Crippen LogP contribution in [-0.2, 0) is 0 Å². The Kier molecular flexibility index (Phi) is 8.16. The molecule has 0 spiro atoms. The molecule has 0 aliphatic carbocycles. The number of rotatable bonds is 6. The van der Waals surface area contributed by atoms with E-state index in [9.17, 15) is 0 Å². The van der Waals surface area contributed by atoms with Crippen molar-refractivity contribution in [3.63, 3.8) is 0 Å². The van der Waals surface area contributed by atoms with Gasteiger partial charge in [0.05, 0.1) is 0 Å². The Labute approximate surface area is 315 Å². The molecule has 0 fully saturated rings. The maximum atomic E-state index is 6.73. The Morgan fingerprint density at radius 2 is 0.962 bits per heavy atom. The van der Waals surface area contributed by atoms with Crippen LogP contribution in [0.3, 0.4) is 0 Å². The van der Waals surface area contributed by atoms with Crippen molar-refractivity contribution in [2.75, 3.05) is 4.90 Å². The van der Waals surface area contributed by atoms with Crippen LogP contribution in [0.15, 0.2) is 162 Å². The van der Waals surface area contributed by atoms with E-state index < -0.39 is 0 Å². The minimum atomic E-state index is 0.165. The fourth-order valence-electron chi connectivity index (χ4n) is 7.38. The first-order chi connectivity index (χ1) is 25.9. The normalized spacial score (nSPS) is 11.4. The zero-order chi connectivity index (χ0) is 36.2. The second kappa shape index (κ2) is 13.2. The lowest BCUT2D eigenvalue weighted by atomic mass is 9.61. The van der Waals surface area contributed by atoms with Crippen molar-refractivity contribution in [1.82, 2.24) is 0 Å². The van der Waals surface area contributed by atoms with Gasteiger partial charge in [0.1, 0.15) is 50.4 Å². The third-order valence-electron chi connectivity index (χ3n) is 10.1. The van der Waals surface area contributed by atoms with Crippen LogP contribution in [0.25, 0.3) is 66.1 Å². The first kappa shape index (κ1) is 32.8. The van der Waals surface area contributed by atoms with Gasteiger partial charge in [-0.3, -0.25) is 0 Å². The van der Waals surface area contributed by atoms with Gasteiger partial charge in [-0.25, -0.2) is 0 Å². The molecule has 0 aliphatic heterocycles. The molecule has 0 saturated carbocycles. The fraction of sp³-hybridized carbons (Fsp3) is 0. The summed E-state index contributed by atoms with van der Waals surface area (Å²) in [5, 5.41) is 4.30. The van der Waals surface area contributed by atoms with Gasteiger partial charge in [0.25, 0.3) is 0 Å². The molecule has 8 aromatic carbocycles. The van der Waals surface area contributed by atoms with Crippen LogP contribution in [0, 0.1) is 0 Å². The lowest BCUT2D eigenvalue weighted by Crippen LogP contribution is -2.56. The van der Waals surface area contributed by atoms with E-state index in [0.29, 0.717) is 5.69 Å². The molecular formula is C46H26B5NO. The second-order valence-corrected chi connectivity index (χ2v) is 13.2. The number of benzene rings is 8. The van der Waals surface area contributed by atoms with E-state index in [2.05, 4.69) is 91.0 Å². The van der Waals surface area contributed by atoms with E-state index >= 15 is 0 Å². The molecule has 0 amide bonds. The van der Waals surface area contributed by atoms with E-state index in [0.717, 1.165) is 71.9 Å². The summed E-state index contributed by atoms with van der Waals surface area (Å²) < 4.78 is 6.51. The number of anilines is 3. The Hall–Kier alpha value is -6.06. The van der Waals surface area contributed by atoms with E-state index in [4.69, 9.17) is 43.6 Å². The van der Waals surface area contributed by atoms with Crippen LogP contribution >= 0.6 is 0 Å². The Bertz CT molecular complexity index is 2800. The summed E-state index contributed by atoms with van der Waals surface area (Å²) in [6.45, 7) is 0. The third-order valence-corrected chi connectivity index (χ3v) is 10.1. The lowest BCUT2D eigenvalue weighted by Gasteiger charge is -2.33. The van der Waals surface area contributed by atoms with Crippen LogP contribution in [0.4, 0.5) is 17.1 Å². The number of furan rings is 1. The molecule has 0 bridgehead atoms. The van der Waals surface area contributed by atoms with E-state index in [1.807, 2.05) is 71.6 Å². The molecule has 9 rings (SSSR count). The summed E-state index contributed by atoms with van der Waals surface area (Å²) in [4.78, 5) is 1.99. The first-order valence-electron chi connectivity index (χ1n) is 17.4. The van der Waals surface area contributed by atoms with Gasteiger partial charge in [0.2, 0.25) is 0 Å². The van der Waals surface area contributed by atoms with Crippen LogP contribution in [0.1, 0.15) is 0 Å². The third kappa shape index (κ3) is 5.59. The summed E-state index contributed by atoms with van der Waals surface area (Å²) in [6.07, 6.45) is 0. The maximum Gasteiger partial charge on any atom is 0.143 e. The largest absolute Gasteiger partial charge is 0.455 e. The van der Waals surface area contributed by atoms with Crippen molar-refractivity contribution in [1.29, 1.82) is 0 Å². The summed E-state index contributed by atoms with van der Waals surface area (Å²) in [5.41, 5.74) is 11.3. The molecule has 0 saturated heterocycles. The van der Waals surface area contributed by atoms with E-state index in [-0.39, 0.29) is 27.3 Å². The maximum absolute atomic E-state index is 6.73. The molecule has 9 aromatic rings. The smallest absolute Gasteiger partial charge is 0.143 e. The van der Waals surface area contributed by atoms with Gasteiger partial charge in [-0.15, -0.1) is 16.4 Å². The molecule has 2 nitrogen and oxygen atoms in total. The molecule has 10 radical (unpaired) electrons. The van der Waals surface area contributed by atoms with Crippen molar-refractivity contribution in [3.8, 4) is 33.4 Å². The Balaban J connectivity index is 1.18. The minimum Gasteiger partial charge on any atom is -0.455 e. The average molecular weight is 663 g/mol. The molecule has 0 aliphatic rings. The van der Waals surface area contributed by atoms with Crippen molar-refractivity contribution in [2.45, 2.75) is 0 Å². The highest BCUT2D eigenvalue weighted by atomic mass is 16.3. The van der Waals surface area contributed by atoms with Crippen LogP contribution < -0.4 is 32.2 Å². The standard InChI is InChI=1S/C46H26B5NO/c47-40-41(48)43(50)45(44(51)42(40)49)52(33-23-20-30(21-24-33)29-18-16-28(17-19-29)27-8-2-1-3-9-27)34-12-6-11-32(26-34)35-14-7-15-38-39(35)37-25-22-31-10-4-5-13-36(31)46(37)53-38/h1-26H. The van der Waals surface area contributed by atoms with Gasteiger partial charge in [0, 0.05) is 33.2 Å². The van der Waals surface area contributed by atoms with Crippen molar-refractivity contribution < 1.29 is 4.42 Å². The molecule has 53 heavy (non-hydrogen) atoms. The van der Waals surface area contributed by atoms with Crippen LogP contribution in [0.2, 0.25) is 0 Å². The zero-order valence-corrected chi connectivity index (χ0v) is 28.8. The topological polar surface area (TPSA) is 16.4 Å². The number of fused-ring (bicyclic) bond motifs is 5.